The Morgan fingerprint density at radius 1 is 1.32 bits per heavy atom. The lowest BCUT2D eigenvalue weighted by atomic mass is 10.1. The summed E-state index contributed by atoms with van der Waals surface area (Å²) in [5.74, 6) is 0.704. The van der Waals surface area contributed by atoms with Crippen LogP contribution in [0.2, 0.25) is 0 Å². The molecular formula is C15H24N2O2. The SMILES string of the molecule is CCOc1cccc(NC2CCCCCC2O)c1N. The van der Waals surface area contributed by atoms with Crippen molar-refractivity contribution in [3.05, 3.63) is 18.2 Å². The van der Waals surface area contributed by atoms with Crippen LogP contribution in [0.3, 0.4) is 0 Å². The standard InChI is InChI=1S/C15H24N2O2/c1-2-19-14-10-6-8-12(15(14)16)17-11-7-4-3-5-9-13(11)18/h6,8,10-11,13,17-18H,2-5,7,9,16H2,1H3. The van der Waals surface area contributed by atoms with Crippen molar-refractivity contribution in [3.8, 4) is 5.75 Å². The molecule has 0 aromatic heterocycles. The zero-order valence-corrected chi connectivity index (χ0v) is 11.6. The molecule has 106 valence electrons. The maximum atomic E-state index is 10.1. The van der Waals surface area contributed by atoms with E-state index in [9.17, 15) is 5.11 Å². The molecule has 1 fully saturated rings. The number of rotatable bonds is 4. The second-order valence-corrected chi connectivity index (χ2v) is 5.11. The monoisotopic (exact) mass is 264 g/mol. The van der Waals surface area contributed by atoms with Gasteiger partial charge in [0.15, 0.2) is 0 Å². The molecule has 1 aromatic rings. The van der Waals surface area contributed by atoms with Crippen LogP contribution in [0.1, 0.15) is 39.0 Å². The fourth-order valence-corrected chi connectivity index (χ4v) is 2.61. The molecule has 2 atom stereocenters. The second-order valence-electron chi connectivity index (χ2n) is 5.11. The number of para-hydroxylation sites is 1. The first-order valence-corrected chi connectivity index (χ1v) is 7.18. The first-order valence-electron chi connectivity index (χ1n) is 7.18. The Hall–Kier alpha value is -1.42. The van der Waals surface area contributed by atoms with Gasteiger partial charge in [0, 0.05) is 0 Å². The number of anilines is 2. The van der Waals surface area contributed by atoms with Gasteiger partial charge in [0.25, 0.3) is 0 Å². The highest BCUT2D eigenvalue weighted by Gasteiger charge is 2.22. The quantitative estimate of drug-likeness (QED) is 0.578. The number of nitrogens with two attached hydrogens (primary N) is 1. The molecule has 0 amide bonds. The average Bonchev–Trinajstić information content (AvgIpc) is 2.60. The number of hydrogen-bond acceptors (Lipinski definition) is 4. The Morgan fingerprint density at radius 2 is 2.11 bits per heavy atom. The largest absolute Gasteiger partial charge is 0.492 e. The second kappa shape index (κ2) is 6.66. The van der Waals surface area contributed by atoms with Gasteiger partial charge in [0.1, 0.15) is 5.75 Å². The topological polar surface area (TPSA) is 67.5 Å². The predicted molar refractivity (Wildman–Crippen MR) is 78.5 cm³/mol. The van der Waals surface area contributed by atoms with Crippen LogP contribution in [0.4, 0.5) is 11.4 Å². The minimum atomic E-state index is -0.294. The molecule has 0 spiro atoms. The van der Waals surface area contributed by atoms with Gasteiger partial charge in [-0.3, -0.25) is 0 Å². The third kappa shape index (κ3) is 3.53. The first kappa shape index (κ1) is 14.0. The van der Waals surface area contributed by atoms with E-state index >= 15 is 0 Å². The minimum Gasteiger partial charge on any atom is -0.492 e. The molecular weight excluding hydrogens is 240 g/mol. The molecule has 4 nitrogen and oxygen atoms in total. The highest BCUT2D eigenvalue weighted by molar-refractivity contribution is 5.73. The summed E-state index contributed by atoms with van der Waals surface area (Å²) in [6.07, 6.45) is 5.01. The molecule has 4 N–H and O–H groups in total. The maximum absolute atomic E-state index is 10.1. The molecule has 0 radical (unpaired) electrons. The van der Waals surface area contributed by atoms with E-state index < -0.39 is 0 Å². The Kier molecular flexibility index (Phi) is 4.91. The zero-order chi connectivity index (χ0) is 13.7. The molecule has 2 unspecified atom stereocenters. The van der Waals surface area contributed by atoms with E-state index in [-0.39, 0.29) is 12.1 Å². The van der Waals surface area contributed by atoms with E-state index in [1.54, 1.807) is 0 Å². The molecule has 2 rings (SSSR count). The highest BCUT2D eigenvalue weighted by atomic mass is 16.5. The lowest BCUT2D eigenvalue weighted by Crippen LogP contribution is -2.32. The number of aliphatic hydroxyl groups is 1. The zero-order valence-electron chi connectivity index (χ0n) is 11.6. The summed E-state index contributed by atoms with van der Waals surface area (Å²) in [5.41, 5.74) is 7.59. The van der Waals surface area contributed by atoms with Gasteiger partial charge < -0.3 is 20.9 Å². The van der Waals surface area contributed by atoms with Crippen LogP contribution >= 0.6 is 0 Å². The normalized spacial score (nSPS) is 23.7. The Morgan fingerprint density at radius 3 is 2.89 bits per heavy atom. The van der Waals surface area contributed by atoms with Gasteiger partial charge in [-0.2, -0.15) is 0 Å². The van der Waals surface area contributed by atoms with Crippen LogP contribution in [0.15, 0.2) is 18.2 Å². The van der Waals surface area contributed by atoms with Crippen LogP contribution in [-0.2, 0) is 0 Å². The first-order chi connectivity index (χ1) is 9.22. The van der Waals surface area contributed by atoms with Gasteiger partial charge in [-0.15, -0.1) is 0 Å². The Balaban J connectivity index is 2.11. The third-order valence-electron chi connectivity index (χ3n) is 3.69. The summed E-state index contributed by atoms with van der Waals surface area (Å²) >= 11 is 0. The van der Waals surface area contributed by atoms with E-state index in [4.69, 9.17) is 10.5 Å². The van der Waals surface area contributed by atoms with Gasteiger partial charge in [0.2, 0.25) is 0 Å². The van der Waals surface area contributed by atoms with Crippen LogP contribution in [0.25, 0.3) is 0 Å². The van der Waals surface area contributed by atoms with Gasteiger partial charge in [-0.25, -0.2) is 0 Å². The van der Waals surface area contributed by atoms with Crippen LogP contribution in [-0.4, -0.2) is 23.9 Å². The van der Waals surface area contributed by atoms with Crippen molar-refractivity contribution in [1.29, 1.82) is 0 Å². The van der Waals surface area contributed by atoms with Crippen molar-refractivity contribution >= 4 is 11.4 Å². The van der Waals surface area contributed by atoms with E-state index in [1.165, 1.54) is 6.42 Å². The number of aliphatic hydroxyl groups excluding tert-OH is 1. The average molecular weight is 264 g/mol. The summed E-state index contributed by atoms with van der Waals surface area (Å²) in [5, 5.41) is 13.5. The molecule has 0 heterocycles. The van der Waals surface area contributed by atoms with Crippen molar-refractivity contribution in [2.24, 2.45) is 0 Å². The van der Waals surface area contributed by atoms with Crippen molar-refractivity contribution < 1.29 is 9.84 Å². The van der Waals surface area contributed by atoms with Gasteiger partial charge in [-0.1, -0.05) is 25.3 Å². The van der Waals surface area contributed by atoms with Gasteiger partial charge >= 0.3 is 0 Å². The smallest absolute Gasteiger partial charge is 0.144 e. The molecule has 0 aliphatic heterocycles. The lowest BCUT2D eigenvalue weighted by molar-refractivity contribution is 0.144. The van der Waals surface area contributed by atoms with E-state index in [0.717, 1.165) is 31.4 Å². The van der Waals surface area contributed by atoms with E-state index in [1.807, 2.05) is 25.1 Å². The van der Waals surface area contributed by atoms with Crippen LogP contribution in [0, 0.1) is 0 Å². The molecule has 1 aliphatic rings. The Labute approximate surface area is 115 Å². The van der Waals surface area contributed by atoms with Gasteiger partial charge in [0.05, 0.1) is 30.1 Å². The molecule has 19 heavy (non-hydrogen) atoms. The minimum absolute atomic E-state index is 0.0849. The summed E-state index contributed by atoms with van der Waals surface area (Å²) < 4.78 is 5.49. The fourth-order valence-electron chi connectivity index (χ4n) is 2.61. The maximum Gasteiger partial charge on any atom is 0.144 e. The van der Waals surface area contributed by atoms with Crippen molar-refractivity contribution in [2.75, 3.05) is 17.7 Å². The summed E-state index contributed by atoms with van der Waals surface area (Å²) in [6.45, 7) is 2.54. The van der Waals surface area contributed by atoms with Crippen LogP contribution in [0.5, 0.6) is 5.75 Å². The fraction of sp³-hybridized carbons (Fsp3) is 0.600. The lowest BCUT2D eigenvalue weighted by Gasteiger charge is -2.24. The van der Waals surface area contributed by atoms with Gasteiger partial charge in [-0.05, 0) is 31.9 Å². The molecule has 0 bridgehead atoms. The third-order valence-corrected chi connectivity index (χ3v) is 3.69. The molecule has 1 aliphatic carbocycles. The number of ether oxygens (including phenoxy) is 1. The summed E-state index contributed by atoms with van der Waals surface area (Å²) in [7, 11) is 0. The highest BCUT2D eigenvalue weighted by Crippen LogP contribution is 2.31. The number of benzene rings is 1. The number of nitrogen functional groups attached to an aromatic ring is 1. The number of hydrogen-bond donors (Lipinski definition) is 3. The summed E-state index contributed by atoms with van der Waals surface area (Å²) in [6, 6.07) is 5.82. The van der Waals surface area contributed by atoms with E-state index in [2.05, 4.69) is 5.32 Å². The Bertz CT molecular complexity index is 409. The molecule has 0 saturated heterocycles. The molecule has 1 saturated carbocycles. The van der Waals surface area contributed by atoms with Crippen LogP contribution < -0.4 is 15.8 Å². The van der Waals surface area contributed by atoms with E-state index in [0.29, 0.717) is 18.0 Å². The predicted octanol–water partition coefficient (Wildman–Crippen LogP) is 2.77. The summed E-state index contributed by atoms with van der Waals surface area (Å²) in [4.78, 5) is 0. The van der Waals surface area contributed by atoms with Crippen molar-refractivity contribution in [3.63, 3.8) is 0 Å². The van der Waals surface area contributed by atoms with Crippen molar-refractivity contribution in [1.82, 2.24) is 0 Å². The molecule has 1 aromatic carbocycles. The molecule has 4 heteroatoms. The number of nitrogens with one attached hydrogen (secondary N) is 1. The van der Waals surface area contributed by atoms with Crippen molar-refractivity contribution in [2.45, 2.75) is 51.2 Å².